The van der Waals surface area contributed by atoms with Crippen molar-refractivity contribution in [2.45, 2.75) is 13.5 Å². The van der Waals surface area contributed by atoms with Crippen molar-refractivity contribution in [3.8, 4) is 11.5 Å². The van der Waals surface area contributed by atoms with Crippen LogP contribution in [0.4, 0.5) is 0 Å². The molecule has 0 fully saturated rings. The highest BCUT2D eigenvalue weighted by atomic mass is 16.5. The third kappa shape index (κ3) is 3.96. The molecule has 0 heterocycles. The Morgan fingerprint density at radius 2 is 2.18 bits per heavy atom. The first-order chi connectivity index (χ1) is 8.06. The number of phenolic OH excluding ortho intramolecular Hbond substituents is 1. The normalized spacial score (nSPS) is 10.5. The van der Waals surface area contributed by atoms with Gasteiger partial charge in [0.1, 0.15) is 0 Å². The van der Waals surface area contributed by atoms with Crippen molar-refractivity contribution in [2.24, 2.45) is 0 Å². The maximum Gasteiger partial charge on any atom is 0.317 e. The Bertz CT molecular complexity index is 392. The van der Waals surface area contributed by atoms with Crippen molar-refractivity contribution in [2.75, 3.05) is 20.2 Å². The van der Waals surface area contributed by atoms with E-state index in [-0.39, 0.29) is 12.3 Å². The van der Waals surface area contributed by atoms with E-state index >= 15 is 0 Å². The SMILES string of the molecule is CCN(CC(=O)O)Cc1ccc(OC)c(O)c1. The smallest absolute Gasteiger partial charge is 0.317 e. The molecule has 0 bridgehead atoms. The van der Waals surface area contributed by atoms with Gasteiger partial charge in [-0.1, -0.05) is 13.0 Å². The molecule has 0 saturated carbocycles. The molecule has 0 atom stereocenters. The monoisotopic (exact) mass is 239 g/mol. The topological polar surface area (TPSA) is 70.0 Å². The van der Waals surface area contributed by atoms with Gasteiger partial charge in [-0.25, -0.2) is 0 Å². The molecule has 0 aliphatic rings. The number of aliphatic carboxylic acids is 1. The molecule has 0 aliphatic heterocycles. The molecule has 1 aromatic rings. The van der Waals surface area contributed by atoms with Crippen molar-refractivity contribution >= 4 is 5.97 Å². The van der Waals surface area contributed by atoms with E-state index < -0.39 is 5.97 Å². The number of hydrogen-bond donors (Lipinski definition) is 2. The summed E-state index contributed by atoms with van der Waals surface area (Å²) in [4.78, 5) is 12.4. The molecule has 0 saturated heterocycles. The van der Waals surface area contributed by atoms with Gasteiger partial charge in [0, 0.05) is 6.54 Å². The predicted molar refractivity (Wildman–Crippen MR) is 63.2 cm³/mol. The number of aromatic hydroxyl groups is 1. The Labute approximate surface area is 100 Å². The number of nitrogens with zero attached hydrogens (tertiary/aromatic N) is 1. The summed E-state index contributed by atoms with van der Waals surface area (Å²) >= 11 is 0. The number of hydrogen-bond acceptors (Lipinski definition) is 4. The first-order valence-corrected chi connectivity index (χ1v) is 5.36. The van der Waals surface area contributed by atoms with Crippen LogP contribution in [0.3, 0.4) is 0 Å². The van der Waals surface area contributed by atoms with Crippen LogP contribution in [0.25, 0.3) is 0 Å². The molecular formula is C12H17NO4. The first kappa shape index (κ1) is 13.3. The maximum absolute atomic E-state index is 10.6. The second-order valence-corrected chi connectivity index (χ2v) is 3.70. The second kappa shape index (κ2) is 6.10. The number of methoxy groups -OCH3 is 1. The zero-order chi connectivity index (χ0) is 12.8. The summed E-state index contributed by atoms with van der Waals surface area (Å²) in [5.74, 6) is -0.379. The lowest BCUT2D eigenvalue weighted by molar-refractivity contribution is -0.138. The molecule has 0 unspecified atom stereocenters. The van der Waals surface area contributed by atoms with Crippen LogP contribution in [0.1, 0.15) is 12.5 Å². The second-order valence-electron chi connectivity index (χ2n) is 3.70. The molecule has 2 N–H and O–H groups in total. The lowest BCUT2D eigenvalue weighted by Gasteiger charge is -2.18. The quantitative estimate of drug-likeness (QED) is 0.783. The number of benzene rings is 1. The van der Waals surface area contributed by atoms with E-state index in [1.807, 2.05) is 13.0 Å². The van der Waals surface area contributed by atoms with Crippen LogP contribution in [0.5, 0.6) is 11.5 Å². The van der Waals surface area contributed by atoms with E-state index in [1.54, 1.807) is 17.0 Å². The fraction of sp³-hybridized carbons (Fsp3) is 0.417. The minimum Gasteiger partial charge on any atom is -0.504 e. The van der Waals surface area contributed by atoms with Crippen molar-refractivity contribution in [3.63, 3.8) is 0 Å². The highest BCUT2D eigenvalue weighted by Crippen LogP contribution is 2.26. The molecule has 0 aliphatic carbocycles. The third-order valence-corrected chi connectivity index (χ3v) is 2.46. The van der Waals surface area contributed by atoms with Crippen molar-refractivity contribution in [3.05, 3.63) is 23.8 Å². The minimum absolute atomic E-state index is 0.0106. The Hall–Kier alpha value is -1.75. The number of ether oxygens (including phenoxy) is 1. The van der Waals surface area contributed by atoms with Gasteiger partial charge in [0.15, 0.2) is 11.5 Å². The molecule has 0 amide bonds. The van der Waals surface area contributed by atoms with Crippen molar-refractivity contribution in [1.82, 2.24) is 4.90 Å². The molecular weight excluding hydrogens is 222 g/mol. The fourth-order valence-corrected chi connectivity index (χ4v) is 1.56. The number of rotatable bonds is 6. The van der Waals surface area contributed by atoms with Crippen molar-refractivity contribution < 1.29 is 19.7 Å². The van der Waals surface area contributed by atoms with Crippen LogP contribution < -0.4 is 4.74 Å². The highest BCUT2D eigenvalue weighted by molar-refractivity contribution is 5.69. The number of carboxylic acid groups (broad SMARTS) is 1. The largest absolute Gasteiger partial charge is 0.504 e. The van der Waals surface area contributed by atoms with Gasteiger partial charge in [0.2, 0.25) is 0 Å². The molecule has 1 aromatic carbocycles. The molecule has 0 aromatic heterocycles. The van der Waals surface area contributed by atoms with E-state index in [9.17, 15) is 9.90 Å². The van der Waals surface area contributed by atoms with Gasteiger partial charge >= 0.3 is 5.97 Å². The number of carboxylic acids is 1. The van der Waals surface area contributed by atoms with Crippen LogP contribution >= 0.6 is 0 Å². The zero-order valence-electron chi connectivity index (χ0n) is 10.0. The summed E-state index contributed by atoms with van der Waals surface area (Å²) in [6.07, 6.45) is 0. The van der Waals surface area contributed by atoms with Gasteiger partial charge in [-0.2, -0.15) is 0 Å². The summed E-state index contributed by atoms with van der Waals surface area (Å²) in [6, 6.07) is 5.06. The average molecular weight is 239 g/mol. The lowest BCUT2D eigenvalue weighted by Crippen LogP contribution is -2.29. The van der Waals surface area contributed by atoms with Crippen LogP contribution in [-0.2, 0) is 11.3 Å². The molecule has 5 heteroatoms. The fourth-order valence-electron chi connectivity index (χ4n) is 1.56. The lowest BCUT2D eigenvalue weighted by atomic mass is 10.2. The van der Waals surface area contributed by atoms with Gasteiger partial charge in [0.25, 0.3) is 0 Å². The van der Waals surface area contributed by atoms with E-state index in [1.165, 1.54) is 7.11 Å². The van der Waals surface area contributed by atoms with Gasteiger partial charge in [-0.15, -0.1) is 0 Å². The summed E-state index contributed by atoms with van der Waals surface area (Å²) in [7, 11) is 1.48. The maximum atomic E-state index is 10.6. The van der Waals surface area contributed by atoms with E-state index in [2.05, 4.69) is 0 Å². The van der Waals surface area contributed by atoms with Crippen LogP contribution in [0.15, 0.2) is 18.2 Å². The summed E-state index contributed by atoms with van der Waals surface area (Å²) in [5, 5.41) is 18.3. The van der Waals surface area contributed by atoms with E-state index in [4.69, 9.17) is 9.84 Å². The van der Waals surface area contributed by atoms with Gasteiger partial charge in [0.05, 0.1) is 13.7 Å². The third-order valence-electron chi connectivity index (χ3n) is 2.46. The number of carbonyl (C=O) groups is 1. The van der Waals surface area contributed by atoms with Crippen LogP contribution in [-0.4, -0.2) is 41.3 Å². The predicted octanol–water partition coefficient (Wildman–Crippen LogP) is 1.31. The standard InChI is InChI=1S/C12H17NO4/c1-3-13(8-12(15)16)7-9-4-5-11(17-2)10(14)6-9/h4-6,14H,3,7-8H2,1-2H3,(H,15,16). The molecule has 5 nitrogen and oxygen atoms in total. The van der Waals surface area contributed by atoms with Crippen LogP contribution in [0.2, 0.25) is 0 Å². The molecule has 17 heavy (non-hydrogen) atoms. The summed E-state index contributed by atoms with van der Waals surface area (Å²) < 4.78 is 4.94. The number of phenols is 1. The van der Waals surface area contributed by atoms with Crippen molar-refractivity contribution in [1.29, 1.82) is 0 Å². The Morgan fingerprint density at radius 3 is 2.65 bits per heavy atom. The van der Waals surface area contributed by atoms with Crippen LogP contribution in [0, 0.1) is 0 Å². The van der Waals surface area contributed by atoms with E-state index in [0.29, 0.717) is 18.8 Å². The highest BCUT2D eigenvalue weighted by Gasteiger charge is 2.09. The van der Waals surface area contributed by atoms with Gasteiger partial charge in [-0.05, 0) is 24.2 Å². The molecule has 1 rings (SSSR count). The van der Waals surface area contributed by atoms with Gasteiger partial charge in [-0.3, -0.25) is 9.69 Å². The molecule has 94 valence electrons. The Kier molecular flexibility index (Phi) is 4.78. The average Bonchev–Trinajstić information content (AvgIpc) is 2.27. The van der Waals surface area contributed by atoms with Gasteiger partial charge < -0.3 is 14.9 Å². The first-order valence-electron chi connectivity index (χ1n) is 5.36. The Balaban J connectivity index is 2.73. The van der Waals surface area contributed by atoms with E-state index in [0.717, 1.165) is 5.56 Å². The summed E-state index contributed by atoms with van der Waals surface area (Å²) in [5.41, 5.74) is 0.853. The number of likely N-dealkylation sites (N-methyl/N-ethyl adjacent to an activating group) is 1. The molecule has 0 radical (unpaired) electrons. The summed E-state index contributed by atoms with van der Waals surface area (Å²) in [6.45, 7) is 3.01. The zero-order valence-corrected chi connectivity index (χ0v) is 10.0. The Morgan fingerprint density at radius 1 is 1.47 bits per heavy atom. The minimum atomic E-state index is -0.857. The molecule has 0 spiro atoms.